The summed E-state index contributed by atoms with van der Waals surface area (Å²) < 4.78 is 11.1. The second-order valence-electron chi connectivity index (χ2n) is 4.22. The lowest BCUT2D eigenvalue weighted by Gasteiger charge is -2.35. The van der Waals surface area contributed by atoms with Gasteiger partial charge in [0.15, 0.2) is 0 Å². The van der Waals surface area contributed by atoms with Gasteiger partial charge in [-0.1, -0.05) is 35.7 Å². The van der Waals surface area contributed by atoms with E-state index in [1.165, 1.54) is 32.1 Å². The first-order valence-corrected chi connectivity index (χ1v) is 7.26. The molecule has 1 heterocycles. The van der Waals surface area contributed by atoms with E-state index in [1.807, 2.05) is 0 Å². The molecule has 1 saturated heterocycles. The molecular formula is C12H23BrO2. The molecule has 2 unspecified atom stereocenters. The third-order valence-electron chi connectivity index (χ3n) is 3.03. The van der Waals surface area contributed by atoms with Crippen molar-refractivity contribution >= 4 is 15.9 Å². The Kier molecular flexibility index (Phi) is 7.67. The Balaban J connectivity index is 1.81. The molecule has 2 nitrogen and oxygen atoms in total. The summed E-state index contributed by atoms with van der Waals surface area (Å²) in [5.41, 5.74) is 0. The van der Waals surface area contributed by atoms with Crippen molar-refractivity contribution < 1.29 is 9.47 Å². The minimum absolute atomic E-state index is 0.387. The summed E-state index contributed by atoms with van der Waals surface area (Å²) in [6.07, 6.45) is 6.68. The summed E-state index contributed by atoms with van der Waals surface area (Å²) in [7, 11) is 0. The fourth-order valence-electron chi connectivity index (χ4n) is 1.78. The number of halogens is 1. The maximum atomic E-state index is 5.61. The maximum Gasteiger partial charge on any atom is 0.0858 e. The molecule has 90 valence electrons. The Morgan fingerprint density at radius 2 is 2.07 bits per heavy atom. The standard InChI is InChI=1S/C12H23BrO2/c1-2-11-9-15-12(11)10-14-8-6-4-3-5-7-13/h11-12H,2-10H2,1H3. The van der Waals surface area contributed by atoms with Gasteiger partial charge in [0.2, 0.25) is 0 Å². The maximum absolute atomic E-state index is 5.61. The van der Waals surface area contributed by atoms with E-state index in [4.69, 9.17) is 9.47 Å². The van der Waals surface area contributed by atoms with Gasteiger partial charge in [-0.2, -0.15) is 0 Å². The van der Waals surface area contributed by atoms with E-state index in [-0.39, 0.29) is 0 Å². The monoisotopic (exact) mass is 278 g/mol. The summed E-state index contributed by atoms with van der Waals surface area (Å²) in [6.45, 7) is 4.87. The third-order valence-corrected chi connectivity index (χ3v) is 3.59. The number of ether oxygens (including phenoxy) is 2. The Labute approximate surface area is 102 Å². The smallest absolute Gasteiger partial charge is 0.0858 e. The summed E-state index contributed by atoms with van der Waals surface area (Å²) in [6, 6.07) is 0. The summed E-state index contributed by atoms with van der Waals surface area (Å²) in [4.78, 5) is 0. The summed E-state index contributed by atoms with van der Waals surface area (Å²) in [5, 5.41) is 1.13. The largest absolute Gasteiger partial charge is 0.379 e. The van der Waals surface area contributed by atoms with Crippen LogP contribution in [0.5, 0.6) is 0 Å². The molecule has 1 fully saturated rings. The molecule has 0 saturated carbocycles. The van der Waals surface area contributed by atoms with Crippen molar-refractivity contribution in [3.8, 4) is 0 Å². The first-order valence-electron chi connectivity index (χ1n) is 6.13. The molecule has 15 heavy (non-hydrogen) atoms. The molecule has 0 aromatic heterocycles. The van der Waals surface area contributed by atoms with Crippen LogP contribution in [0.3, 0.4) is 0 Å². The topological polar surface area (TPSA) is 18.5 Å². The van der Waals surface area contributed by atoms with Crippen LogP contribution in [0.15, 0.2) is 0 Å². The van der Waals surface area contributed by atoms with Crippen LogP contribution in [0, 0.1) is 5.92 Å². The minimum atomic E-state index is 0.387. The lowest BCUT2D eigenvalue weighted by atomic mass is 9.96. The van der Waals surface area contributed by atoms with Crippen molar-refractivity contribution in [1.29, 1.82) is 0 Å². The van der Waals surface area contributed by atoms with E-state index in [1.54, 1.807) is 0 Å². The molecule has 0 aromatic carbocycles. The van der Waals surface area contributed by atoms with E-state index >= 15 is 0 Å². The van der Waals surface area contributed by atoms with E-state index < -0.39 is 0 Å². The zero-order valence-corrected chi connectivity index (χ0v) is 11.3. The Hall–Kier alpha value is 0.400. The van der Waals surface area contributed by atoms with E-state index in [2.05, 4.69) is 22.9 Å². The highest BCUT2D eigenvalue weighted by atomic mass is 79.9. The first-order chi connectivity index (χ1) is 7.38. The molecule has 0 aromatic rings. The highest BCUT2D eigenvalue weighted by Crippen LogP contribution is 2.23. The van der Waals surface area contributed by atoms with Gasteiger partial charge in [0.1, 0.15) is 0 Å². The average molecular weight is 279 g/mol. The van der Waals surface area contributed by atoms with Crippen molar-refractivity contribution in [1.82, 2.24) is 0 Å². The molecule has 1 aliphatic rings. The fraction of sp³-hybridized carbons (Fsp3) is 1.00. The van der Waals surface area contributed by atoms with Crippen LogP contribution in [0.1, 0.15) is 39.0 Å². The quantitative estimate of drug-likeness (QED) is 0.476. The molecule has 0 amide bonds. The van der Waals surface area contributed by atoms with E-state index in [0.717, 1.165) is 31.1 Å². The summed E-state index contributed by atoms with van der Waals surface area (Å²) in [5.74, 6) is 0.749. The van der Waals surface area contributed by atoms with Crippen LogP contribution < -0.4 is 0 Å². The van der Waals surface area contributed by atoms with Gasteiger partial charge in [0.05, 0.1) is 19.3 Å². The fourth-order valence-corrected chi connectivity index (χ4v) is 2.18. The molecule has 0 spiro atoms. The lowest BCUT2D eigenvalue weighted by molar-refractivity contribution is -0.147. The zero-order chi connectivity index (χ0) is 10.9. The number of rotatable bonds is 9. The van der Waals surface area contributed by atoms with Gasteiger partial charge in [-0.05, 0) is 19.3 Å². The number of hydrogen-bond donors (Lipinski definition) is 0. The van der Waals surface area contributed by atoms with Crippen molar-refractivity contribution in [3.63, 3.8) is 0 Å². The Bertz CT molecular complexity index is 151. The molecule has 3 heteroatoms. The van der Waals surface area contributed by atoms with E-state index in [0.29, 0.717) is 6.10 Å². The second kappa shape index (κ2) is 8.54. The number of unbranched alkanes of at least 4 members (excludes halogenated alkanes) is 3. The first kappa shape index (κ1) is 13.5. The highest BCUT2D eigenvalue weighted by Gasteiger charge is 2.30. The van der Waals surface area contributed by atoms with Gasteiger partial charge < -0.3 is 9.47 Å². The molecular weight excluding hydrogens is 256 g/mol. The van der Waals surface area contributed by atoms with Gasteiger partial charge in [0, 0.05) is 17.9 Å². The number of hydrogen-bond acceptors (Lipinski definition) is 2. The van der Waals surface area contributed by atoms with Crippen molar-refractivity contribution in [2.24, 2.45) is 5.92 Å². The van der Waals surface area contributed by atoms with Gasteiger partial charge in [-0.15, -0.1) is 0 Å². The molecule has 0 N–H and O–H groups in total. The van der Waals surface area contributed by atoms with Crippen LogP contribution in [0.25, 0.3) is 0 Å². The van der Waals surface area contributed by atoms with Crippen LogP contribution >= 0.6 is 15.9 Å². The summed E-state index contributed by atoms with van der Waals surface area (Å²) >= 11 is 3.43. The van der Waals surface area contributed by atoms with Crippen LogP contribution in [0.2, 0.25) is 0 Å². The molecule has 0 bridgehead atoms. The predicted molar refractivity (Wildman–Crippen MR) is 66.6 cm³/mol. The Morgan fingerprint density at radius 1 is 1.27 bits per heavy atom. The molecule has 0 radical (unpaired) electrons. The minimum Gasteiger partial charge on any atom is -0.379 e. The Morgan fingerprint density at radius 3 is 2.67 bits per heavy atom. The second-order valence-corrected chi connectivity index (χ2v) is 5.01. The van der Waals surface area contributed by atoms with Crippen molar-refractivity contribution in [2.45, 2.75) is 45.1 Å². The molecule has 1 rings (SSSR count). The normalized spacial score (nSPS) is 25.2. The average Bonchev–Trinajstić information content (AvgIpc) is 2.21. The van der Waals surface area contributed by atoms with E-state index in [9.17, 15) is 0 Å². The SMILES string of the molecule is CCC1COC1COCCCCCCBr. The zero-order valence-electron chi connectivity index (χ0n) is 9.71. The van der Waals surface area contributed by atoms with Crippen LogP contribution in [-0.2, 0) is 9.47 Å². The molecule has 0 aliphatic carbocycles. The van der Waals surface area contributed by atoms with Crippen LogP contribution in [-0.4, -0.2) is 31.3 Å². The van der Waals surface area contributed by atoms with Gasteiger partial charge >= 0.3 is 0 Å². The van der Waals surface area contributed by atoms with Gasteiger partial charge in [-0.3, -0.25) is 0 Å². The number of alkyl halides is 1. The third kappa shape index (κ3) is 5.32. The van der Waals surface area contributed by atoms with Crippen molar-refractivity contribution in [2.75, 3.05) is 25.2 Å². The molecule has 1 aliphatic heterocycles. The highest BCUT2D eigenvalue weighted by molar-refractivity contribution is 9.09. The lowest BCUT2D eigenvalue weighted by Crippen LogP contribution is -2.42. The molecule has 2 atom stereocenters. The van der Waals surface area contributed by atoms with Crippen molar-refractivity contribution in [3.05, 3.63) is 0 Å². The van der Waals surface area contributed by atoms with Gasteiger partial charge in [-0.25, -0.2) is 0 Å². The van der Waals surface area contributed by atoms with Crippen LogP contribution in [0.4, 0.5) is 0 Å². The predicted octanol–water partition coefficient (Wildman–Crippen LogP) is 3.38. The van der Waals surface area contributed by atoms with Gasteiger partial charge in [0.25, 0.3) is 0 Å².